The highest BCUT2D eigenvalue weighted by atomic mass is 16.6. The lowest BCUT2D eigenvalue weighted by Gasteiger charge is -2.18. The summed E-state index contributed by atoms with van der Waals surface area (Å²) in [6.07, 6.45) is 1.52. The van der Waals surface area contributed by atoms with Crippen LogP contribution in [0.3, 0.4) is 0 Å². The third kappa shape index (κ3) is 4.52. The van der Waals surface area contributed by atoms with Crippen molar-refractivity contribution in [2.75, 3.05) is 0 Å². The van der Waals surface area contributed by atoms with Crippen LogP contribution in [0, 0.1) is 11.3 Å². The van der Waals surface area contributed by atoms with Crippen molar-refractivity contribution in [3.8, 4) is 6.07 Å². The third-order valence-corrected chi connectivity index (χ3v) is 1.85. The highest BCUT2D eigenvalue weighted by Crippen LogP contribution is 2.13. The molecule has 17 heavy (non-hydrogen) atoms. The zero-order valence-corrected chi connectivity index (χ0v) is 10.2. The molecule has 0 N–H and O–H groups in total. The molecular weight excluding hydrogens is 214 g/mol. The summed E-state index contributed by atoms with van der Waals surface area (Å²) in [6, 6.07) is 11.1. The van der Waals surface area contributed by atoms with Gasteiger partial charge in [0, 0.05) is 0 Å². The molecule has 3 nitrogen and oxygen atoms in total. The van der Waals surface area contributed by atoms with Crippen LogP contribution in [0.5, 0.6) is 0 Å². The predicted octanol–water partition coefficient (Wildman–Crippen LogP) is 2.94. The fourth-order valence-corrected chi connectivity index (χ4v) is 1.19. The van der Waals surface area contributed by atoms with Gasteiger partial charge in [-0.2, -0.15) is 5.26 Å². The quantitative estimate of drug-likeness (QED) is 0.445. The molecule has 0 aliphatic heterocycles. The highest BCUT2D eigenvalue weighted by molar-refractivity contribution is 5.98. The zero-order valence-electron chi connectivity index (χ0n) is 10.2. The minimum absolute atomic E-state index is 0.00567. The standard InChI is InChI=1S/C14H15NO2/c1-14(2,3)17-13(16)12(10-15)9-11-7-5-4-6-8-11/h4-9H,1-3H3. The number of nitriles is 1. The Balaban J connectivity index is 2.90. The number of hydrogen-bond donors (Lipinski definition) is 0. The van der Waals surface area contributed by atoms with Crippen LogP contribution in [0.1, 0.15) is 26.3 Å². The Bertz CT molecular complexity index is 461. The average Bonchev–Trinajstić information content (AvgIpc) is 2.24. The summed E-state index contributed by atoms with van der Waals surface area (Å²) >= 11 is 0. The Morgan fingerprint density at radius 3 is 2.35 bits per heavy atom. The number of benzene rings is 1. The van der Waals surface area contributed by atoms with Crippen molar-refractivity contribution in [2.45, 2.75) is 26.4 Å². The molecule has 0 radical (unpaired) electrons. The van der Waals surface area contributed by atoms with Crippen molar-refractivity contribution in [1.29, 1.82) is 5.26 Å². The van der Waals surface area contributed by atoms with Crippen LogP contribution in [-0.2, 0) is 9.53 Å². The van der Waals surface area contributed by atoms with Gasteiger partial charge in [-0.05, 0) is 32.4 Å². The molecule has 0 fully saturated rings. The number of rotatable bonds is 2. The van der Waals surface area contributed by atoms with E-state index in [-0.39, 0.29) is 5.57 Å². The molecule has 3 heteroatoms. The first kappa shape index (κ1) is 13.0. The van der Waals surface area contributed by atoms with Gasteiger partial charge in [0.05, 0.1) is 0 Å². The maximum atomic E-state index is 11.7. The van der Waals surface area contributed by atoms with Gasteiger partial charge in [-0.15, -0.1) is 0 Å². The van der Waals surface area contributed by atoms with E-state index in [0.717, 1.165) is 5.56 Å². The largest absolute Gasteiger partial charge is 0.456 e. The van der Waals surface area contributed by atoms with Crippen LogP contribution in [0.4, 0.5) is 0 Å². The molecule has 88 valence electrons. The second-order valence-corrected chi connectivity index (χ2v) is 4.58. The number of esters is 1. The molecule has 1 aromatic carbocycles. The second-order valence-electron chi connectivity index (χ2n) is 4.58. The van der Waals surface area contributed by atoms with E-state index in [2.05, 4.69) is 0 Å². The molecule has 1 aromatic rings. The minimum Gasteiger partial charge on any atom is -0.456 e. The number of nitrogens with zero attached hydrogens (tertiary/aromatic N) is 1. The number of ether oxygens (including phenoxy) is 1. The first-order valence-corrected chi connectivity index (χ1v) is 5.32. The van der Waals surface area contributed by atoms with Gasteiger partial charge < -0.3 is 4.74 Å². The molecule has 0 aliphatic rings. The predicted molar refractivity (Wildman–Crippen MR) is 65.9 cm³/mol. The molecule has 0 bridgehead atoms. The molecule has 0 saturated carbocycles. The summed E-state index contributed by atoms with van der Waals surface area (Å²) in [4.78, 5) is 11.7. The van der Waals surface area contributed by atoms with Crippen LogP contribution in [0.15, 0.2) is 35.9 Å². The molecule has 0 unspecified atom stereocenters. The maximum Gasteiger partial charge on any atom is 0.349 e. The van der Waals surface area contributed by atoms with E-state index < -0.39 is 11.6 Å². The Hall–Kier alpha value is -2.08. The van der Waals surface area contributed by atoms with Gasteiger partial charge in [-0.25, -0.2) is 4.79 Å². The summed E-state index contributed by atoms with van der Waals surface area (Å²) in [7, 11) is 0. The van der Waals surface area contributed by atoms with Gasteiger partial charge in [0.1, 0.15) is 17.2 Å². The molecule has 0 spiro atoms. The van der Waals surface area contributed by atoms with Gasteiger partial charge >= 0.3 is 5.97 Å². The molecule has 0 heterocycles. The Morgan fingerprint density at radius 1 is 1.29 bits per heavy atom. The fourth-order valence-electron chi connectivity index (χ4n) is 1.19. The summed E-state index contributed by atoms with van der Waals surface area (Å²) < 4.78 is 5.13. The average molecular weight is 229 g/mol. The van der Waals surface area contributed by atoms with E-state index in [1.165, 1.54) is 6.08 Å². The minimum atomic E-state index is -0.594. The van der Waals surface area contributed by atoms with Gasteiger partial charge in [0.25, 0.3) is 0 Å². The van der Waals surface area contributed by atoms with Crippen LogP contribution in [0.2, 0.25) is 0 Å². The van der Waals surface area contributed by atoms with Gasteiger partial charge in [0.2, 0.25) is 0 Å². The van der Waals surface area contributed by atoms with E-state index in [4.69, 9.17) is 10.00 Å². The van der Waals surface area contributed by atoms with Crippen molar-refractivity contribution in [1.82, 2.24) is 0 Å². The first-order chi connectivity index (χ1) is 7.92. The van der Waals surface area contributed by atoms with E-state index >= 15 is 0 Å². The van der Waals surface area contributed by atoms with Crippen LogP contribution in [-0.4, -0.2) is 11.6 Å². The molecule has 0 aliphatic carbocycles. The van der Waals surface area contributed by atoms with Gasteiger partial charge in [-0.3, -0.25) is 0 Å². The van der Waals surface area contributed by atoms with Crippen LogP contribution >= 0.6 is 0 Å². The normalized spacial score (nSPS) is 11.8. The summed E-state index contributed by atoms with van der Waals surface area (Å²) in [5.41, 5.74) is 0.213. The number of hydrogen-bond acceptors (Lipinski definition) is 3. The maximum absolute atomic E-state index is 11.7. The lowest BCUT2D eigenvalue weighted by atomic mass is 10.1. The fraction of sp³-hybridized carbons (Fsp3) is 0.286. The van der Waals surface area contributed by atoms with Crippen LogP contribution in [0.25, 0.3) is 6.08 Å². The highest BCUT2D eigenvalue weighted by Gasteiger charge is 2.19. The summed E-state index contributed by atoms with van der Waals surface area (Å²) in [6.45, 7) is 5.30. The monoisotopic (exact) mass is 229 g/mol. The third-order valence-electron chi connectivity index (χ3n) is 1.85. The first-order valence-electron chi connectivity index (χ1n) is 5.32. The topological polar surface area (TPSA) is 50.1 Å². The van der Waals surface area contributed by atoms with Crippen molar-refractivity contribution in [2.24, 2.45) is 0 Å². The Kier molecular flexibility index (Phi) is 4.06. The summed E-state index contributed by atoms with van der Waals surface area (Å²) in [5, 5.41) is 8.94. The van der Waals surface area contributed by atoms with Gasteiger partial charge in [-0.1, -0.05) is 30.3 Å². The second kappa shape index (κ2) is 5.31. The van der Waals surface area contributed by atoms with E-state index in [1.54, 1.807) is 20.8 Å². The molecule has 0 amide bonds. The smallest absolute Gasteiger partial charge is 0.349 e. The zero-order chi connectivity index (χ0) is 12.9. The van der Waals surface area contributed by atoms with E-state index in [9.17, 15) is 4.79 Å². The molecule has 0 atom stereocenters. The molecule has 0 aromatic heterocycles. The lowest BCUT2D eigenvalue weighted by Crippen LogP contribution is -2.24. The van der Waals surface area contributed by atoms with Crippen molar-refractivity contribution in [3.63, 3.8) is 0 Å². The van der Waals surface area contributed by atoms with E-state index in [0.29, 0.717) is 0 Å². The SMILES string of the molecule is CC(C)(C)OC(=O)C(C#N)=Cc1ccccc1. The Labute approximate surface area is 101 Å². The van der Waals surface area contributed by atoms with E-state index in [1.807, 2.05) is 36.4 Å². The molecule has 0 saturated heterocycles. The Morgan fingerprint density at radius 2 is 1.88 bits per heavy atom. The van der Waals surface area contributed by atoms with Crippen LogP contribution < -0.4 is 0 Å². The molecule has 1 rings (SSSR count). The number of carbonyl (C=O) groups is 1. The lowest BCUT2D eigenvalue weighted by molar-refractivity contribution is -0.149. The van der Waals surface area contributed by atoms with Gasteiger partial charge in [0.15, 0.2) is 0 Å². The summed E-state index contributed by atoms with van der Waals surface area (Å²) in [5.74, 6) is -0.594. The van der Waals surface area contributed by atoms with Crippen molar-refractivity contribution < 1.29 is 9.53 Å². The van der Waals surface area contributed by atoms with Crippen molar-refractivity contribution >= 4 is 12.0 Å². The number of carbonyl (C=O) groups excluding carboxylic acids is 1. The molecular formula is C14H15NO2. The van der Waals surface area contributed by atoms with Crippen molar-refractivity contribution in [3.05, 3.63) is 41.5 Å².